The van der Waals surface area contributed by atoms with Gasteiger partial charge >= 0.3 is 5.69 Å². The second kappa shape index (κ2) is 9.75. The van der Waals surface area contributed by atoms with Crippen LogP contribution >= 0.6 is 11.8 Å². The third kappa shape index (κ3) is 4.64. The van der Waals surface area contributed by atoms with Gasteiger partial charge < -0.3 is 14.8 Å². The van der Waals surface area contributed by atoms with Gasteiger partial charge in [0.25, 0.3) is 5.56 Å². The molecule has 0 bridgehead atoms. The Bertz CT molecular complexity index is 1310. The number of nitrogens with zero attached hydrogens (tertiary/aromatic N) is 4. The number of thioether (sulfide) groups is 1. The number of aromatic nitrogens is 4. The van der Waals surface area contributed by atoms with Gasteiger partial charge in [0.05, 0.1) is 24.5 Å². The summed E-state index contributed by atoms with van der Waals surface area (Å²) in [5, 5.41) is 3.38. The van der Waals surface area contributed by atoms with Crippen molar-refractivity contribution in [2.45, 2.75) is 24.0 Å². The Morgan fingerprint density at radius 2 is 2.03 bits per heavy atom. The number of aryl methyl sites for hydroxylation is 1. The van der Waals surface area contributed by atoms with Gasteiger partial charge in [-0.15, -0.1) is 0 Å². The molecule has 10 nitrogen and oxygen atoms in total. The van der Waals surface area contributed by atoms with Gasteiger partial charge in [-0.05, 0) is 25.0 Å². The molecule has 0 aliphatic carbocycles. The van der Waals surface area contributed by atoms with Crippen LogP contribution in [0.25, 0.3) is 22.4 Å². The Hall–Kier alpha value is -3.18. The predicted molar refractivity (Wildman–Crippen MR) is 125 cm³/mol. The fourth-order valence-corrected chi connectivity index (χ4v) is 4.54. The third-order valence-electron chi connectivity index (χ3n) is 5.51. The van der Waals surface area contributed by atoms with Crippen molar-refractivity contribution in [3.05, 3.63) is 45.1 Å². The predicted octanol–water partition coefficient (Wildman–Crippen LogP) is 1.09. The number of nitrogens with one attached hydrogen (secondary N) is 1. The van der Waals surface area contributed by atoms with Gasteiger partial charge in [0.1, 0.15) is 16.2 Å². The molecular formula is C22H25N5O5S. The highest BCUT2D eigenvalue weighted by Gasteiger charge is 2.21. The van der Waals surface area contributed by atoms with Gasteiger partial charge in [-0.25, -0.2) is 14.8 Å². The molecule has 1 aliphatic rings. The van der Waals surface area contributed by atoms with E-state index in [1.807, 2.05) is 12.1 Å². The second-order valence-electron chi connectivity index (χ2n) is 7.68. The standard InChI is InChI=1S/C22H25N5O5S/c1-26-19-17(21(29)27(2)22(26)30)20(33-12-16(28)23-11-13-7-6-10-32-13)25-18(24-19)14-8-4-5-9-15(14)31-3/h4-5,8-9,13H,6-7,10-12H2,1-3H3,(H,23,28)/t13-/m1/s1. The molecule has 1 fully saturated rings. The van der Waals surface area contributed by atoms with E-state index in [4.69, 9.17) is 9.47 Å². The monoisotopic (exact) mass is 471 g/mol. The lowest BCUT2D eigenvalue weighted by molar-refractivity contribution is -0.119. The van der Waals surface area contributed by atoms with Gasteiger partial charge in [-0.1, -0.05) is 23.9 Å². The topological polar surface area (TPSA) is 117 Å². The minimum atomic E-state index is -0.512. The average molecular weight is 472 g/mol. The van der Waals surface area contributed by atoms with Gasteiger partial charge in [0.15, 0.2) is 11.5 Å². The van der Waals surface area contributed by atoms with Gasteiger partial charge in [-0.3, -0.25) is 18.7 Å². The summed E-state index contributed by atoms with van der Waals surface area (Å²) in [7, 11) is 4.49. The van der Waals surface area contributed by atoms with E-state index < -0.39 is 11.2 Å². The van der Waals surface area contributed by atoms with E-state index in [0.717, 1.165) is 35.8 Å². The molecule has 3 heterocycles. The zero-order chi connectivity index (χ0) is 23.5. The summed E-state index contributed by atoms with van der Waals surface area (Å²) in [5.74, 6) is 0.708. The molecule has 11 heteroatoms. The Labute approximate surface area is 193 Å². The molecule has 1 atom stereocenters. The van der Waals surface area contributed by atoms with E-state index in [-0.39, 0.29) is 28.8 Å². The van der Waals surface area contributed by atoms with Crippen LogP contribution in [0.5, 0.6) is 5.75 Å². The van der Waals surface area contributed by atoms with Crippen LogP contribution in [0, 0.1) is 0 Å². The number of ether oxygens (including phenoxy) is 2. The molecule has 1 amide bonds. The molecule has 2 aromatic heterocycles. The largest absolute Gasteiger partial charge is 0.496 e. The number of amides is 1. The van der Waals surface area contributed by atoms with Crippen molar-refractivity contribution in [3.63, 3.8) is 0 Å². The molecule has 3 aromatic rings. The number of carbonyl (C=O) groups is 1. The van der Waals surface area contributed by atoms with E-state index >= 15 is 0 Å². The van der Waals surface area contributed by atoms with Crippen LogP contribution in [0.3, 0.4) is 0 Å². The maximum atomic E-state index is 13.0. The van der Waals surface area contributed by atoms with E-state index in [1.165, 1.54) is 11.6 Å². The highest BCUT2D eigenvalue weighted by atomic mass is 32.2. The molecule has 1 aliphatic heterocycles. The summed E-state index contributed by atoms with van der Waals surface area (Å²) in [6, 6.07) is 7.21. The first-order valence-electron chi connectivity index (χ1n) is 10.5. The number of hydrogen-bond donors (Lipinski definition) is 1. The van der Waals surface area contributed by atoms with E-state index in [2.05, 4.69) is 15.3 Å². The summed E-state index contributed by atoms with van der Waals surface area (Å²) >= 11 is 1.13. The minimum Gasteiger partial charge on any atom is -0.496 e. The van der Waals surface area contributed by atoms with Crippen molar-refractivity contribution in [2.24, 2.45) is 14.1 Å². The van der Waals surface area contributed by atoms with Crippen molar-refractivity contribution >= 4 is 28.7 Å². The number of benzene rings is 1. The Morgan fingerprint density at radius 3 is 2.76 bits per heavy atom. The summed E-state index contributed by atoms with van der Waals surface area (Å²) in [6.45, 7) is 1.17. The molecule has 1 N–H and O–H groups in total. The molecule has 174 valence electrons. The van der Waals surface area contributed by atoms with Crippen LogP contribution in [0.4, 0.5) is 0 Å². The van der Waals surface area contributed by atoms with Crippen molar-refractivity contribution in [2.75, 3.05) is 26.0 Å². The van der Waals surface area contributed by atoms with Crippen LogP contribution in [-0.2, 0) is 23.6 Å². The Morgan fingerprint density at radius 1 is 1.24 bits per heavy atom. The maximum Gasteiger partial charge on any atom is 0.332 e. The zero-order valence-electron chi connectivity index (χ0n) is 18.7. The lowest BCUT2D eigenvalue weighted by atomic mass is 10.2. The quantitative estimate of drug-likeness (QED) is 0.402. The van der Waals surface area contributed by atoms with E-state index in [9.17, 15) is 14.4 Å². The highest BCUT2D eigenvalue weighted by molar-refractivity contribution is 8.00. The smallest absolute Gasteiger partial charge is 0.332 e. The summed E-state index contributed by atoms with van der Waals surface area (Å²) < 4.78 is 13.3. The van der Waals surface area contributed by atoms with E-state index in [1.54, 1.807) is 26.3 Å². The number of fused-ring (bicyclic) bond motifs is 1. The number of para-hydroxylation sites is 1. The number of hydrogen-bond acceptors (Lipinski definition) is 8. The second-order valence-corrected chi connectivity index (χ2v) is 8.65. The van der Waals surface area contributed by atoms with Crippen LogP contribution in [0.2, 0.25) is 0 Å². The first-order chi connectivity index (χ1) is 15.9. The number of methoxy groups -OCH3 is 1. The van der Waals surface area contributed by atoms with Gasteiger partial charge in [0, 0.05) is 27.2 Å². The average Bonchev–Trinajstić information content (AvgIpc) is 3.36. The minimum absolute atomic E-state index is 0.0396. The highest BCUT2D eigenvalue weighted by Crippen LogP contribution is 2.30. The van der Waals surface area contributed by atoms with E-state index in [0.29, 0.717) is 28.7 Å². The summed E-state index contributed by atoms with van der Waals surface area (Å²) in [5.41, 5.74) is -0.203. The molecule has 0 spiro atoms. The first kappa shape index (κ1) is 23.0. The van der Waals surface area contributed by atoms with Gasteiger partial charge in [0.2, 0.25) is 5.91 Å². The molecule has 0 radical (unpaired) electrons. The third-order valence-corrected chi connectivity index (χ3v) is 6.48. The number of carbonyl (C=O) groups excluding carboxylic acids is 1. The molecule has 1 aromatic carbocycles. The van der Waals surface area contributed by atoms with Crippen LogP contribution in [-0.4, -0.2) is 57.1 Å². The molecular weight excluding hydrogens is 446 g/mol. The normalized spacial score (nSPS) is 15.7. The van der Waals surface area contributed by atoms with Crippen LogP contribution in [0.1, 0.15) is 12.8 Å². The van der Waals surface area contributed by atoms with Crippen LogP contribution < -0.4 is 21.3 Å². The summed E-state index contributed by atoms with van der Waals surface area (Å²) in [4.78, 5) is 47.0. The lowest BCUT2D eigenvalue weighted by Crippen LogP contribution is -2.38. The lowest BCUT2D eigenvalue weighted by Gasteiger charge is -2.14. The zero-order valence-corrected chi connectivity index (χ0v) is 19.5. The van der Waals surface area contributed by atoms with Crippen molar-refractivity contribution < 1.29 is 14.3 Å². The first-order valence-corrected chi connectivity index (χ1v) is 11.5. The fourth-order valence-electron chi connectivity index (χ4n) is 3.70. The maximum absolute atomic E-state index is 13.0. The van der Waals surface area contributed by atoms with Gasteiger partial charge in [-0.2, -0.15) is 0 Å². The fraction of sp³-hybridized carbons (Fsp3) is 0.409. The van der Waals surface area contributed by atoms with Crippen LogP contribution in [0.15, 0.2) is 38.9 Å². The Kier molecular flexibility index (Phi) is 6.80. The summed E-state index contributed by atoms with van der Waals surface area (Å²) in [6.07, 6.45) is 1.96. The molecule has 4 rings (SSSR count). The molecule has 0 unspecified atom stereocenters. The van der Waals surface area contributed by atoms with Crippen molar-refractivity contribution in [3.8, 4) is 17.1 Å². The van der Waals surface area contributed by atoms with Crippen molar-refractivity contribution in [1.29, 1.82) is 0 Å². The molecule has 1 saturated heterocycles. The van der Waals surface area contributed by atoms with Crippen molar-refractivity contribution in [1.82, 2.24) is 24.4 Å². The SMILES string of the molecule is COc1ccccc1-c1nc(SCC(=O)NC[C@H]2CCCO2)c2c(=O)n(C)c(=O)n(C)c2n1. The molecule has 33 heavy (non-hydrogen) atoms. The number of rotatable bonds is 7. The molecule has 0 saturated carbocycles. The Balaban J connectivity index is 1.73.